The van der Waals surface area contributed by atoms with Crippen LogP contribution in [0.3, 0.4) is 0 Å². The number of nitrogens with zero attached hydrogens (tertiary/aromatic N) is 2. The van der Waals surface area contributed by atoms with Crippen LogP contribution in [0.15, 0.2) is 35.8 Å². The van der Waals surface area contributed by atoms with Crippen molar-refractivity contribution in [1.29, 1.82) is 0 Å². The lowest BCUT2D eigenvalue weighted by Crippen LogP contribution is -2.22. The zero-order chi connectivity index (χ0) is 14.7. The Morgan fingerprint density at radius 1 is 1.38 bits per heavy atom. The Kier molecular flexibility index (Phi) is 4.68. The van der Waals surface area contributed by atoms with Crippen molar-refractivity contribution < 1.29 is 0 Å². The van der Waals surface area contributed by atoms with E-state index in [1.54, 1.807) is 0 Å². The van der Waals surface area contributed by atoms with Gasteiger partial charge in [-0.05, 0) is 49.9 Å². The average molecular weight is 301 g/mol. The molecule has 1 aliphatic rings. The van der Waals surface area contributed by atoms with Gasteiger partial charge in [0.15, 0.2) is 0 Å². The minimum atomic E-state index is 0.433. The molecule has 1 N–H and O–H groups in total. The molecule has 112 valence electrons. The molecule has 1 fully saturated rings. The topological polar surface area (TPSA) is 28.2 Å². The number of hydrogen-bond donors (Lipinski definition) is 1. The summed E-state index contributed by atoms with van der Waals surface area (Å²) in [6.45, 7) is 4.08. The van der Waals surface area contributed by atoms with E-state index in [1.807, 2.05) is 17.5 Å². The van der Waals surface area contributed by atoms with Crippen molar-refractivity contribution in [1.82, 2.24) is 15.2 Å². The summed E-state index contributed by atoms with van der Waals surface area (Å²) < 4.78 is 0. The normalized spacial score (nSPS) is 16.3. The number of nitrogens with one attached hydrogen (secondary N) is 1. The molecule has 0 saturated heterocycles. The highest BCUT2D eigenvalue weighted by Crippen LogP contribution is 2.24. The first kappa shape index (κ1) is 14.7. The molecule has 0 aromatic carbocycles. The molecule has 4 heteroatoms. The number of thiophene rings is 1. The Morgan fingerprint density at radius 3 is 2.86 bits per heavy atom. The third-order valence-electron chi connectivity index (χ3n) is 4.09. The minimum absolute atomic E-state index is 0.433. The van der Waals surface area contributed by atoms with Crippen LogP contribution in [0.5, 0.6) is 0 Å². The lowest BCUT2D eigenvalue weighted by Gasteiger charge is -2.23. The lowest BCUT2D eigenvalue weighted by molar-refractivity contribution is 0.253. The molecule has 1 atom stereocenters. The molecule has 0 amide bonds. The van der Waals surface area contributed by atoms with Gasteiger partial charge in [-0.3, -0.25) is 9.88 Å². The Balaban J connectivity index is 1.54. The molecule has 21 heavy (non-hydrogen) atoms. The smallest absolute Gasteiger partial charge is 0.0544 e. The fraction of sp³-hybridized carbons (Fsp3) is 0.471. The van der Waals surface area contributed by atoms with Crippen molar-refractivity contribution in [3.63, 3.8) is 0 Å². The molecule has 0 radical (unpaired) electrons. The van der Waals surface area contributed by atoms with Gasteiger partial charge in [-0.1, -0.05) is 12.1 Å². The van der Waals surface area contributed by atoms with Gasteiger partial charge in [0.05, 0.1) is 5.69 Å². The maximum atomic E-state index is 4.60. The van der Waals surface area contributed by atoms with E-state index in [4.69, 9.17) is 0 Å². The van der Waals surface area contributed by atoms with E-state index in [-0.39, 0.29) is 0 Å². The predicted molar refractivity (Wildman–Crippen MR) is 88.3 cm³/mol. The standard InChI is InChI=1S/C17H23N3S/c1-13(17-4-3-9-21-17)20(2)12-16-6-5-14(11-19-16)10-18-15-7-8-15/h3-6,9,11,13,15,18H,7-8,10,12H2,1-2H3. The zero-order valence-electron chi connectivity index (χ0n) is 12.7. The van der Waals surface area contributed by atoms with Gasteiger partial charge in [0.25, 0.3) is 0 Å². The van der Waals surface area contributed by atoms with E-state index < -0.39 is 0 Å². The first-order valence-electron chi connectivity index (χ1n) is 7.63. The predicted octanol–water partition coefficient (Wildman–Crippen LogP) is 3.59. The highest BCUT2D eigenvalue weighted by molar-refractivity contribution is 7.10. The Labute approximate surface area is 131 Å². The van der Waals surface area contributed by atoms with E-state index in [2.05, 4.69) is 58.8 Å². The van der Waals surface area contributed by atoms with Gasteiger partial charge in [-0.2, -0.15) is 0 Å². The molecule has 3 nitrogen and oxygen atoms in total. The molecule has 0 aliphatic heterocycles. The molecule has 0 spiro atoms. The van der Waals surface area contributed by atoms with Gasteiger partial charge in [-0.15, -0.1) is 11.3 Å². The number of rotatable bonds is 7. The van der Waals surface area contributed by atoms with Crippen LogP contribution in [-0.2, 0) is 13.1 Å². The first-order chi connectivity index (χ1) is 10.2. The first-order valence-corrected chi connectivity index (χ1v) is 8.51. The molecule has 2 heterocycles. The van der Waals surface area contributed by atoms with Crippen molar-refractivity contribution in [3.8, 4) is 0 Å². The molecule has 0 bridgehead atoms. The van der Waals surface area contributed by atoms with E-state index in [1.165, 1.54) is 23.3 Å². The second-order valence-corrected chi connectivity index (χ2v) is 6.90. The van der Waals surface area contributed by atoms with E-state index in [0.29, 0.717) is 6.04 Å². The molecule has 2 aromatic heterocycles. The fourth-order valence-electron chi connectivity index (χ4n) is 2.34. The second-order valence-electron chi connectivity index (χ2n) is 5.92. The van der Waals surface area contributed by atoms with Gasteiger partial charge in [0.2, 0.25) is 0 Å². The summed E-state index contributed by atoms with van der Waals surface area (Å²) in [5.74, 6) is 0. The molecular formula is C17H23N3S. The van der Waals surface area contributed by atoms with Crippen molar-refractivity contribution in [2.45, 2.75) is 44.9 Å². The van der Waals surface area contributed by atoms with E-state index in [0.717, 1.165) is 24.8 Å². The van der Waals surface area contributed by atoms with Crippen molar-refractivity contribution in [2.75, 3.05) is 7.05 Å². The monoisotopic (exact) mass is 301 g/mol. The quantitative estimate of drug-likeness (QED) is 0.847. The summed E-state index contributed by atoms with van der Waals surface area (Å²) in [6.07, 6.45) is 4.67. The number of aromatic nitrogens is 1. The van der Waals surface area contributed by atoms with Crippen molar-refractivity contribution in [3.05, 3.63) is 52.0 Å². The molecule has 1 aliphatic carbocycles. The summed E-state index contributed by atoms with van der Waals surface area (Å²) >= 11 is 1.82. The maximum absolute atomic E-state index is 4.60. The molecule has 2 aromatic rings. The van der Waals surface area contributed by atoms with Crippen LogP contribution in [0.4, 0.5) is 0 Å². The van der Waals surface area contributed by atoms with Gasteiger partial charge < -0.3 is 5.32 Å². The third kappa shape index (κ3) is 4.13. The SMILES string of the molecule is CC(c1cccs1)N(C)Cc1ccc(CNC2CC2)cn1. The van der Waals surface area contributed by atoms with Gasteiger partial charge >= 0.3 is 0 Å². The van der Waals surface area contributed by atoms with Gasteiger partial charge in [0, 0.05) is 36.2 Å². The van der Waals surface area contributed by atoms with Gasteiger partial charge in [-0.25, -0.2) is 0 Å². The Hall–Kier alpha value is -1.23. The van der Waals surface area contributed by atoms with Crippen LogP contribution >= 0.6 is 11.3 Å². The lowest BCUT2D eigenvalue weighted by atomic mass is 10.2. The fourth-order valence-corrected chi connectivity index (χ4v) is 3.19. The van der Waals surface area contributed by atoms with Crippen LogP contribution in [0.2, 0.25) is 0 Å². The van der Waals surface area contributed by atoms with Crippen molar-refractivity contribution >= 4 is 11.3 Å². The Bertz CT molecular complexity index is 546. The molecule has 1 unspecified atom stereocenters. The Morgan fingerprint density at radius 2 is 2.24 bits per heavy atom. The number of hydrogen-bond acceptors (Lipinski definition) is 4. The van der Waals surface area contributed by atoms with Gasteiger partial charge in [0.1, 0.15) is 0 Å². The second kappa shape index (κ2) is 6.69. The van der Waals surface area contributed by atoms with E-state index in [9.17, 15) is 0 Å². The van der Waals surface area contributed by atoms with E-state index >= 15 is 0 Å². The summed E-state index contributed by atoms with van der Waals surface area (Å²) in [7, 11) is 2.16. The zero-order valence-corrected chi connectivity index (χ0v) is 13.6. The summed E-state index contributed by atoms with van der Waals surface area (Å²) in [5.41, 5.74) is 2.41. The minimum Gasteiger partial charge on any atom is -0.310 e. The van der Waals surface area contributed by atoms with Crippen LogP contribution in [0.25, 0.3) is 0 Å². The summed E-state index contributed by atoms with van der Waals surface area (Å²) in [5, 5.41) is 5.66. The summed E-state index contributed by atoms with van der Waals surface area (Å²) in [6, 6.07) is 9.85. The van der Waals surface area contributed by atoms with Crippen LogP contribution < -0.4 is 5.32 Å². The van der Waals surface area contributed by atoms with Crippen LogP contribution in [0.1, 0.15) is 41.9 Å². The van der Waals surface area contributed by atoms with Crippen LogP contribution in [0, 0.1) is 0 Å². The van der Waals surface area contributed by atoms with Crippen molar-refractivity contribution in [2.24, 2.45) is 0 Å². The summed E-state index contributed by atoms with van der Waals surface area (Å²) in [4.78, 5) is 8.35. The highest BCUT2D eigenvalue weighted by Gasteiger charge is 2.20. The largest absolute Gasteiger partial charge is 0.310 e. The molecule has 3 rings (SSSR count). The number of pyridine rings is 1. The molecular weight excluding hydrogens is 278 g/mol. The molecule has 1 saturated carbocycles. The maximum Gasteiger partial charge on any atom is 0.0544 e. The van der Waals surface area contributed by atoms with Crippen LogP contribution in [-0.4, -0.2) is 23.0 Å². The average Bonchev–Trinajstić information content (AvgIpc) is 3.17. The third-order valence-corrected chi connectivity index (χ3v) is 5.13. The highest BCUT2D eigenvalue weighted by atomic mass is 32.1.